The zero-order valence-corrected chi connectivity index (χ0v) is 11.3. The zero-order valence-electron chi connectivity index (χ0n) is 11.3. The maximum Gasteiger partial charge on any atom is 0.255 e. The van der Waals surface area contributed by atoms with E-state index in [9.17, 15) is 4.79 Å². The van der Waals surface area contributed by atoms with Crippen molar-refractivity contribution < 1.29 is 4.79 Å². The average Bonchev–Trinajstić information content (AvgIpc) is 2.70. The number of benzene rings is 1. The van der Waals surface area contributed by atoms with Gasteiger partial charge in [-0.2, -0.15) is 5.10 Å². The predicted molar refractivity (Wildman–Crippen MR) is 76.1 cm³/mol. The standard InChI is InChI=1S/C14H18N4O/c1-9(2)13-12(8-18(3)17-13)16-14(19)10-5-4-6-11(15)7-10/h4-9H,15H2,1-3H3,(H,16,19). The van der Waals surface area contributed by atoms with E-state index in [-0.39, 0.29) is 11.8 Å². The molecule has 0 unspecified atom stereocenters. The lowest BCUT2D eigenvalue weighted by Crippen LogP contribution is -2.13. The molecule has 0 atom stereocenters. The normalized spacial score (nSPS) is 10.7. The monoisotopic (exact) mass is 258 g/mol. The van der Waals surface area contributed by atoms with Crippen molar-refractivity contribution in [1.29, 1.82) is 0 Å². The van der Waals surface area contributed by atoms with Gasteiger partial charge in [0.05, 0.1) is 11.4 Å². The molecular weight excluding hydrogens is 240 g/mol. The maximum atomic E-state index is 12.1. The Morgan fingerprint density at radius 1 is 1.42 bits per heavy atom. The molecule has 0 radical (unpaired) electrons. The van der Waals surface area contributed by atoms with Crippen molar-refractivity contribution in [3.63, 3.8) is 0 Å². The average molecular weight is 258 g/mol. The van der Waals surface area contributed by atoms with Crippen LogP contribution in [-0.4, -0.2) is 15.7 Å². The van der Waals surface area contributed by atoms with Gasteiger partial charge in [-0.25, -0.2) is 0 Å². The summed E-state index contributed by atoms with van der Waals surface area (Å²) in [6.07, 6.45) is 1.81. The lowest BCUT2D eigenvalue weighted by Gasteiger charge is -2.07. The summed E-state index contributed by atoms with van der Waals surface area (Å²) in [5.74, 6) is 0.0690. The molecule has 19 heavy (non-hydrogen) atoms. The van der Waals surface area contributed by atoms with Crippen molar-refractivity contribution in [2.45, 2.75) is 19.8 Å². The number of nitrogens with zero attached hydrogens (tertiary/aromatic N) is 2. The Balaban J connectivity index is 2.24. The van der Waals surface area contributed by atoms with E-state index in [1.165, 1.54) is 0 Å². The Bertz CT molecular complexity index is 601. The van der Waals surface area contributed by atoms with Gasteiger partial charge in [-0.3, -0.25) is 9.48 Å². The van der Waals surface area contributed by atoms with Crippen molar-refractivity contribution in [3.05, 3.63) is 41.7 Å². The van der Waals surface area contributed by atoms with Gasteiger partial charge in [0, 0.05) is 24.5 Å². The Hall–Kier alpha value is -2.30. The number of hydrogen-bond donors (Lipinski definition) is 2. The summed E-state index contributed by atoms with van der Waals surface area (Å²) < 4.78 is 1.70. The zero-order chi connectivity index (χ0) is 14.0. The topological polar surface area (TPSA) is 72.9 Å². The molecule has 0 spiro atoms. The molecule has 0 aliphatic heterocycles. The molecule has 2 rings (SSSR count). The Morgan fingerprint density at radius 2 is 2.16 bits per heavy atom. The number of hydrogen-bond acceptors (Lipinski definition) is 3. The van der Waals surface area contributed by atoms with Gasteiger partial charge in [0.2, 0.25) is 0 Å². The third kappa shape index (κ3) is 2.93. The highest BCUT2D eigenvalue weighted by atomic mass is 16.1. The fourth-order valence-corrected chi connectivity index (χ4v) is 1.90. The molecule has 0 bridgehead atoms. The van der Waals surface area contributed by atoms with Gasteiger partial charge in [0.15, 0.2) is 0 Å². The second-order valence-electron chi connectivity index (χ2n) is 4.84. The number of rotatable bonds is 3. The Morgan fingerprint density at radius 3 is 2.79 bits per heavy atom. The SMILES string of the molecule is CC(C)c1nn(C)cc1NC(=O)c1cccc(N)c1. The number of nitrogens with two attached hydrogens (primary N) is 1. The van der Waals surface area contributed by atoms with Gasteiger partial charge in [-0.05, 0) is 24.1 Å². The van der Waals surface area contributed by atoms with E-state index >= 15 is 0 Å². The number of anilines is 2. The number of nitrogens with one attached hydrogen (secondary N) is 1. The van der Waals surface area contributed by atoms with Crippen LogP contribution in [0.5, 0.6) is 0 Å². The van der Waals surface area contributed by atoms with Gasteiger partial charge < -0.3 is 11.1 Å². The molecule has 100 valence electrons. The first-order valence-electron chi connectivity index (χ1n) is 6.18. The highest BCUT2D eigenvalue weighted by molar-refractivity contribution is 6.05. The molecule has 1 amide bonds. The first-order chi connectivity index (χ1) is 8.97. The van der Waals surface area contributed by atoms with Crippen LogP contribution in [0, 0.1) is 0 Å². The largest absolute Gasteiger partial charge is 0.399 e. The first-order valence-corrected chi connectivity index (χ1v) is 6.18. The molecule has 5 heteroatoms. The van der Waals surface area contributed by atoms with Crippen LogP contribution < -0.4 is 11.1 Å². The second-order valence-corrected chi connectivity index (χ2v) is 4.84. The number of carbonyl (C=O) groups excluding carboxylic acids is 1. The lowest BCUT2D eigenvalue weighted by molar-refractivity contribution is 0.102. The second kappa shape index (κ2) is 5.14. The van der Waals surface area contributed by atoms with Crippen LogP contribution in [0.1, 0.15) is 35.8 Å². The number of nitrogen functional groups attached to an aromatic ring is 1. The smallest absolute Gasteiger partial charge is 0.255 e. The summed E-state index contributed by atoms with van der Waals surface area (Å²) >= 11 is 0. The lowest BCUT2D eigenvalue weighted by atomic mass is 10.1. The summed E-state index contributed by atoms with van der Waals surface area (Å²) in [4.78, 5) is 12.1. The fraction of sp³-hybridized carbons (Fsp3) is 0.286. The number of carbonyl (C=O) groups is 1. The van der Waals surface area contributed by atoms with E-state index in [2.05, 4.69) is 10.4 Å². The molecule has 0 saturated carbocycles. The van der Waals surface area contributed by atoms with Gasteiger partial charge in [0.1, 0.15) is 0 Å². The Kier molecular flexibility index (Phi) is 3.55. The van der Waals surface area contributed by atoms with E-state index in [1.54, 1.807) is 35.1 Å². The molecule has 2 aromatic rings. The van der Waals surface area contributed by atoms with Crippen LogP contribution in [0.3, 0.4) is 0 Å². The molecule has 1 aromatic carbocycles. The van der Waals surface area contributed by atoms with Crippen molar-refractivity contribution in [2.75, 3.05) is 11.1 Å². The van der Waals surface area contributed by atoms with E-state index in [1.807, 2.05) is 20.9 Å². The Labute approximate surface area is 112 Å². The minimum absolute atomic E-state index is 0.179. The molecule has 0 aliphatic rings. The van der Waals surface area contributed by atoms with Crippen molar-refractivity contribution in [1.82, 2.24) is 9.78 Å². The summed E-state index contributed by atoms with van der Waals surface area (Å²) in [6.45, 7) is 4.08. The van der Waals surface area contributed by atoms with Crippen LogP contribution >= 0.6 is 0 Å². The molecular formula is C14H18N4O. The van der Waals surface area contributed by atoms with Gasteiger partial charge in [-0.15, -0.1) is 0 Å². The molecule has 1 aromatic heterocycles. The first kappa shape index (κ1) is 13.1. The maximum absolute atomic E-state index is 12.1. The minimum atomic E-state index is -0.179. The van der Waals surface area contributed by atoms with E-state index < -0.39 is 0 Å². The molecule has 3 N–H and O–H groups in total. The van der Waals surface area contributed by atoms with Crippen LogP contribution in [0.25, 0.3) is 0 Å². The van der Waals surface area contributed by atoms with Crippen molar-refractivity contribution in [3.8, 4) is 0 Å². The predicted octanol–water partition coefficient (Wildman–Crippen LogP) is 2.38. The van der Waals surface area contributed by atoms with E-state index in [4.69, 9.17) is 5.73 Å². The van der Waals surface area contributed by atoms with Gasteiger partial charge >= 0.3 is 0 Å². The highest BCUT2D eigenvalue weighted by Crippen LogP contribution is 2.22. The fourth-order valence-electron chi connectivity index (χ4n) is 1.90. The molecule has 1 heterocycles. The van der Waals surface area contributed by atoms with Crippen LogP contribution in [0.2, 0.25) is 0 Å². The van der Waals surface area contributed by atoms with Crippen LogP contribution in [0.15, 0.2) is 30.5 Å². The quantitative estimate of drug-likeness (QED) is 0.830. The van der Waals surface area contributed by atoms with Gasteiger partial charge in [0.25, 0.3) is 5.91 Å². The molecule has 0 saturated heterocycles. The summed E-state index contributed by atoms with van der Waals surface area (Å²) in [5, 5.41) is 7.23. The third-order valence-corrected chi connectivity index (χ3v) is 2.80. The third-order valence-electron chi connectivity index (χ3n) is 2.80. The number of amides is 1. The minimum Gasteiger partial charge on any atom is -0.399 e. The van der Waals surface area contributed by atoms with E-state index in [0.717, 1.165) is 11.4 Å². The summed E-state index contributed by atoms with van der Waals surface area (Å²) in [7, 11) is 1.84. The molecule has 0 fully saturated rings. The van der Waals surface area contributed by atoms with Crippen LogP contribution in [0.4, 0.5) is 11.4 Å². The number of aromatic nitrogens is 2. The molecule has 0 aliphatic carbocycles. The summed E-state index contributed by atoms with van der Waals surface area (Å²) in [6, 6.07) is 6.90. The van der Waals surface area contributed by atoms with Crippen molar-refractivity contribution >= 4 is 17.3 Å². The number of aryl methyl sites for hydroxylation is 1. The summed E-state index contributed by atoms with van der Waals surface area (Å²) in [5.41, 5.74) is 8.40. The van der Waals surface area contributed by atoms with Crippen LogP contribution in [-0.2, 0) is 7.05 Å². The van der Waals surface area contributed by atoms with Crippen molar-refractivity contribution in [2.24, 2.45) is 7.05 Å². The van der Waals surface area contributed by atoms with E-state index in [0.29, 0.717) is 11.3 Å². The van der Waals surface area contributed by atoms with Gasteiger partial charge in [-0.1, -0.05) is 19.9 Å². The molecule has 5 nitrogen and oxygen atoms in total. The highest BCUT2D eigenvalue weighted by Gasteiger charge is 2.14.